The van der Waals surface area contributed by atoms with Gasteiger partial charge < -0.3 is 11.1 Å². The number of rotatable bonds is 6. The van der Waals surface area contributed by atoms with Gasteiger partial charge in [-0.25, -0.2) is 0 Å². The van der Waals surface area contributed by atoms with Crippen LogP contribution < -0.4 is 11.1 Å². The third-order valence-corrected chi connectivity index (χ3v) is 3.44. The Hall–Kier alpha value is -0.770. The Morgan fingerprint density at radius 2 is 2.17 bits per heavy atom. The zero-order valence-corrected chi connectivity index (χ0v) is 11.9. The van der Waals surface area contributed by atoms with Crippen LogP contribution in [0.1, 0.15) is 18.9 Å². The zero-order valence-electron chi connectivity index (χ0n) is 10.4. The second-order valence-electron chi connectivity index (χ2n) is 4.12. The molecule has 0 saturated carbocycles. The van der Waals surface area contributed by atoms with Gasteiger partial charge in [0.15, 0.2) is 0 Å². The van der Waals surface area contributed by atoms with Crippen molar-refractivity contribution in [3.63, 3.8) is 0 Å². The van der Waals surface area contributed by atoms with Crippen molar-refractivity contribution in [1.29, 1.82) is 0 Å². The number of nitrogens with two attached hydrogens (primary N) is 1. The summed E-state index contributed by atoms with van der Waals surface area (Å²) >= 11 is 11.9. The van der Waals surface area contributed by atoms with Gasteiger partial charge in [0.2, 0.25) is 5.91 Å². The Morgan fingerprint density at radius 3 is 2.72 bits per heavy atom. The maximum Gasteiger partial charge on any atom is 0.224 e. The molecule has 1 aromatic carbocycles. The lowest BCUT2D eigenvalue weighted by molar-refractivity contribution is -0.124. The van der Waals surface area contributed by atoms with Crippen LogP contribution >= 0.6 is 23.2 Å². The van der Waals surface area contributed by atoms with E-state index in [1.165, 1.54) is 0 Å². The van der Waals surface area contributed by atoms with Crippen LogP contribution in [0.2, 0.25) is 10.0 Å². The Morgan fingerprint density at radius 1 is 1.44 bits per heavy atom. The summed E-state index contributed by atoms with van der Waals surface area (Å²) in [7, 11) is 0. The summed E-state index contributed by atoms with van der Waals surface area (Å²) in [6.07, 6.45) is 1.44. The molecule has 3 N–H and O–H groups in total. The van der Waals surface area contributed by atoms with Gasteiger partial charge in [-0.3, -0.25) is 4.79 Å². The molecule has 1 rings (SSSR count). The third kappa shape index (κ3) is 4.48. The van der Waals surface area contributed by atoms with Crippen molar-refractivity contribution in [2.45, 2.75) is 19.8 Å². The molecule has 1 aromatic rings. The van der Waals surface area contributed by atoms with Gasteiger partial charge >= 0.3 is 0 Å². The zero-order chi connectivity index (χ0) is 13.5. The standard InChI is InChI=1S/C13H18Cl2N2O/c1-2-9(8-16)13(18)17-6-5-10-3-4-11(14)7-12(10)15/h3-4,7,9H,2,5-6,8,16H2,1H3,(H,17,18). The molecule has 1 amide bonds. The van der Waals surface area contributed by atoms with Crippen LogP contribution in [0.3, 0.4) is 0 Å². The average molecular weight is 289 g/mol. The molecule has 0 aliphatic carbocycles. The number of hydrogen-bond donors (Lipinski definition) is 2. The Balaban J connectivity index is 2.44. The van der Waals surface area contributed by atoms with E-state index in [0.29, 0.717) is 29.6 Å². The van der Waals surface area contributed by atoms with Crippen LogP contribution in [0.25, 0.3) is 0 Å². The van der Waals surface area contributed by atoms with Gasteiger partial charge in [0.1, 0.15) is 0 Å². The molecule has 1 atom stereocenters. The third-order valence-electron chi connectivity index (χ3n) is 2.86. The van der Waals surface area contributed by atoms with Gasteiger partial charge in [0.05, 0.1) is 0 Å². The van der Waals surface area contributed by atoms with E-state index in [4.69, 9.17) is 28.9 Å². The van der Waals surface area contributed by atoms with Crippen molar-refractivity contribution in [3.05, 3.63) is 33.8 Å². The summed E-state index contributed by atoms with van der Waals surface area (Å²) in [5.74, 6) is -0.101. The van der Waals surface area contributed by atoms with E-state index in [2.05, 4.69) is 5.32 Å². The largest absolute Gasteiger partial charge is 0.355 e. The molecule has 0 aliphatic rings. The summed E-state index contributed by atoms with van der Waals surface area (Å²) < 4.78 is 0. The molecule has 18 heavy (non-hydrogen) atoms. The lowest BCUT2D eigenvalue weighted by Crippen LogP contribution is -2.35. The second-order valence-corrected chi connectivity index (χ2v) is 4.96. The summed E-state index contributed by atoms with van der Waals surface area (Å²) in [6.45, 7) is 2.88. The summed E-state index contributed by atoms with van der Waals surface area (Å²) in [4.78, 5) is 11.7. The van der Waals surface area contributed by atoms with Gasteiger partial charge in [-0.2, -0.15) is 0 Å². The van der Waals surface area contributed by atoms with E-state index >= 15 is 0 Å². The first-order valence-electron chi connectivity index (χ1n) is 6.00. The highest BCUT2D eigenvalue weighted by Gasteiger charge is 2.13. The maximum absolute atomic E-state index is 11.7. The monoisotopic (exact) mass is 288 g/mol. The summed E-state index contributed by atoms with van der Waals surface area (Å²) in [5, 5.41) is 4.10. The number of benzene rings is 1. The van der Waals surface area contributed by atoms with Crippen molar-refractivity contribution < 1.29 is 4.79 Å². The highest BCUT2D eigenvalue weighted by molar-refractivity contribution is 6.35. The maximum atomic E-state index is 11.7. The quantitative estimate of drug-likeness (QED) is 0.846. The molecular formula is C13H18Cl2N2O. The highest BCUT2D eigenvalue weighted by atomic mass is 35.5. The molecule has 0 saturated heterocycles. The van der Waals surface area contributed by atoms with Crippen LogP contribution in [0.15, 0.2) is 18.2 Å². The fourth-order valence-electron chi connectivity index (χ4n) is 1.65. The molecule has 0 spiro atoms. The number of halogens is 2. The predicted molar refractivity (Wildman–Crippen MR) is 76.0 cm³/mol. The van der Waals surface area contributed by atoms with Crippen molar-refractivity contribution in [2.75, 3.05) is 13.1 Å². The Bertz CT molecular complexity index is 406. The molecule has 5 heteroatoms. The number of carbonyl (C=O) groups excluding carboxylic acids is 1. The fraction of sp³-hybridized carbons (Fsp3) is 0.462. The molecule has 1 unspecified atom stereocenters. The molecule has 0 bridgehead atoms. The first-order valence-corrected chi connectivity index (χ1v) is 6.75. The van der Waals surface area contributed by atoms with Gasteiger partial charge in [-0.05, 0) is 30.5 Å². The first kappa shape index (κ1) is 15.3. The molecule has 100 valence electrons. The van der Waals surface area contributed by atoms with Crippen LogP contribution in [0.5, 0.6) is 0 Å². The molecule has 0 aromatic heterocycles. The minimum atomic E-state index is -0.106. The summed E-state index contributed by atoms with van der Waals surface area (Å²) in [6, 6.07) is 5.37. The van der Waals surface area contributed by atoms with E-state index in [1.54, 1.807) is 12.1 Å². The molecule has 0 fully saturated rings. The number of hydrogen-bond acceptors (Lipinski definition) is 2. The van der Waals surface area contributed by atoms with Crippen molar-refractivity contribution >= 4 is 29.1 Å². The van der Waals surface area contributed by atoms with E-state index < -0.39 is 0 Å². The lowest BCUT2D eigenvalue weighted by atomic mass is 10.1. The number of carbonyl (C=O) groups is 1. The van der Waals surface area contributed by atoms with Crippen molar-refractivity contribution in [1.82, 2.24) is 5.32 Å². The van der Waals surface area contributed by atoms with Gasteiger partial charge in [-0.15, -0.1) is 0 Å². The van der Waals surface area contributed by atoms with E-state index in [1.807, 2.05) is 13.0 Å². The number of nitrogens with one attached hydrogen (secondary N) is 1. The smallest absolute Gasteiger partial charge is 0.224 e. The summed E-state index contributed by atoms with van der Waals surface area (Å²) in [5.41, 5.74) is 6.49. The van der Waals surface area contributed by atoms with Crippen LogP contribution in [0.4, 0.5) is 0 Å². The fourth-order valence-corrected chi connectivity index (χ4v) is 2.15. The van der Waals surface area contributed by atoms with Gasteiger partial charge in [0.25, 0.3) is 0 Å². The van der Waals surface area contributed by atoms with E-state index in [-0.39, 0.29) is 11.8 Å². The molecule has 0 aliphatic heterocycles. The molecule has 0 radical (unpaired) electrons. The topological polar surface area (TPSA) is 55.1 Å². The van der Waals surface area contributed by atoms with Gasteiger partial charge in [0, 0.05) is 29.1 Å². The molecule has 0 heterocycles. The minimum Gasteiger partial charge on any atom is -0.355 e. The Kier molecular flexibility index (Phi) is 6.47. The first-order chi connectivity index (χ1) is 8.58. The van der Waals surface area contributed by atoms with E-state index in [0.717, 1.165) is 12.0 Å². The number of amides is 1. The van der Waals surface area contributed by atoms with Gasteiger partial charge in [-0.1, -0.05) is 36.2 Å². The van der Waals surface area contributed by atoms with Crippen LogP contribution in [0, 0.1) is 5.92 Å². The van der Waals surface area contributed by atoms with Crippen LogP contribution in [-0.4, -0.2) is 19.0 Å². The normalized spacial score (nSPS) is 12.2. The lowest BCUT2D eigenvalue weighted by Gasteiger charge is -2.12. The predicted octanol–water partition coefficient (Wildman–Crippen LogP) is 2.64. The second kappa shape index (κ2) is 7.62. The average Bonchev–Trinajstić information content (AvgIpc) is 2.33. The Labute approximate surface area is 118 Å². The minimum absolute atomic E-state index is 0.00471. The van der Waals surface area contributed by atoms with Crippen LogP contribution in [-0.2, 0) is 11.2 Å². The highest BCUT2D eigenvalue weighted by Crippen LogP contribution is 2.21. The molecular weight excluding hydrogens is 271 g/mol. The molecule has 3 nitrogen and oxygen atoms in total. The van der Waals surface area contributed by atoms with E-state index in [9.17, 15) is 4.79 Å². The van der Waals surface area contributed by atoms with Crippen molar-refractivity contribution in [2.24, 2.45) is 11.7 Å². The SMILES string of the molecule is CCC(CN)C(=O)NCCc1ccc(Cl)cc1Cl. The van der Waals surface area contributed by atoms with Crippen molar-refractivity contribution in [3.8, 4) is 0 Å².